The number of rotatable bonds is 10. The molecule has 0 saturated heterocycles. The Morgan fingerprint density at radius 1 is 1.20 bits per heavy atom. The van der Waals surface area contributed by atoms with Gasteiger partial charge >= 0.3 is 5.97 Å². The van der Waals surface area contributed by atoms with Crippen LogP contribution in [-0.2, 0) is 14.3 Å². The van der Waals surface area contributed by atoms with Crippen molar-refractivity contribution < 1.29 is 19.1 Å². The minimum atomic E-state index is -0.312. The molecule has 0 N–H and O–H groups in total. The summed E-state index contributed by atoms with van der Waals surface area (Å²) < 4.78 is 10.2. The van der Waals surface area contributed by atoms with Gasteiger partial charge in [-0.25, -0.2) is 0 Å². The predicted molar refractivity (Wildman–Crippen MR) is 99.4 cm³/mol. The molecule has 138 valence electrons. The van der Waals surface area contributed by atoms with E-state index in [1.54, 1.807) is 17.1 Å². The van der Waals surface area contributed by atoms with Crippen LogP contribution in [0.1, 0.15) is 45.6 Å². The maximum atomic E-state index is 12.5. The largest absolute Gasteiger partial charge is 0.494 e. The third kappa shape index (κ3) is 7.42. The fourth-order valence-corrected chi connectivity index (χ4v) is 2.24. The van der Waals surface area contributed by atoms with Crippen LogP contribution in [0.4, 0.5) is 0 Å². The third-order valence-corrected chi connectivity index (χ3v) is 3.96. The van der Waals surface area contributed by atoms with E-state index in [1.165, 1.54) is 7.11 Å². The monoisotopic (exact) mass is 347 g/mol. The van der Waals surface area contributed by atoms with Gasteiger partial charge in [-0.05, 0) is 43.5 Å². The molecule has 5 heteroatoms. The molecule has 1 amide bonds. The second-order valence-corrected chi connectivity index (χ2v) is 5.87. The summed E-state index contributed by atoms with van der Waals surface area (Å²) in [5, 5.41) is 0. The van der Waals surface area contributed by atoms with E-state index in [2.05, 4.69) is 11.7 Å². The molecule has 0 aliphatic carbocycles. The number of esters is 1. The lowest BCUT2D eigenvalue weighted by molar-refractivity contribution is -0.141. The zero-order valence-electron chi connectivity index (χ0n) is 15.7. The van der Waals surface area contributed by atoms with Crippen molar-refractivity contribution in [2.75, 3.05) is 20.3 Å². The summed E-state index contributed by atoms with van der Waals surface area (Å²) in [5.74, 6) is 0.405. The number of amides is 1. The first kappa shape index (κ1) is 20.7. The fourth-order valence-electron chi connectivity index (χ4n) is 2.24. The molecule has 0 fully saturated rings. The number of hydrogen-bond donors (Lipinski definition) is 0. The number of methoxy groups -OCH3 is 1. The molecule has 0 spiro atoms. The second kappa shape index (κ2) is 11.3. The van der Waals surface area contributed by atoms with Crippen LogP contribution in [0.5, 0.6) is 5.75 Å². The van der Waals surface area contributed by atoms with Crippen molar-refractivity contribution >= 4 is 18.0 Å². The van der Waals surface area contributed by atoms with Crippen LogP contribution >= 0.6 is 0 Å². The highest BCUT2D eigenvalue weighted by atomic mass is 16.5. The first-order valence-corrected chi connectivity index (χ1v) is 8.80. The standard InChI is InChI=1S/C20H29NO4/c1-5-15-25-18-10-7-17(8-11-18)9-12-19(22)21(16(3)6-2)14-13-20(23)24-4/h7-12,16H,5-6,13-15H2,1-4H3/b12-9+. The highest BCUT2D eigenvalue weighted by Gasteiger charge is 2.18. The quantitative estimate of drug-likeness (QED) is 0.478. The van der Waals surface area contributed by atoms with Gasteiger partial charge in [0, 0.05) is 18.7 Å². The van der Waals surface area contributed by atoms with Crippen LogP contribution in [0.15, 0.2) is 30.3 Å². The third-order valence-electron chi connectivity index (χ3n) is 3.96. The van der Waals surface area contributed by atoms with Crippen molar-refractivity contribution in [2.24, 2.45) is 0 Å². The Labute approximate surface area is 150 Å². The summed E-state index contributed by atoms with van der Waals surface area (Å²) in [4.78, 5) is 25.5. The van der Waals surface area contributed by atoms with Gasteiger partial charge in [0.05, 0.1) is 20.1 Å². The molecule has 0 aromatic heterocycles. The van der Waals surface area contributed by atoms with Gasteiger partial charge in [0.15, 0.2) is 0 Å². The molecular formula is C20H29NO4. The van der Waals surface area contributed by atoms with Crippen molar-refractivity contribution in [3.8, 4) is 5.75 Å². The Bertz CT molecular complexity index is 566. The fraction of sp³-hybridized carbons (Fsp3) is 0.500. The van der Waals surface area contributed by atoms with Gasteiger partial charge in [0.2, 0.25) is 5.91 Å². The summed E-state index contributed by atoms with van der Waals surface area (Å²) in [5.41, 5.74) is 0.925. The Hall–Kier alpha value is -2.30. The van der Waals surface area contributed by atoms with Crippen molar-refractivity contribution in [2.45, 2.75) is 46.1 Å². The summed E-state index contributed by atoms with van der Waals surface area (Å²) in [6.07, 6.45) is 5.31. The van der Waals surface area contributed by atoms with E-state index >= 15 is 0 Å². The summed E-state index contributed by atoms with van der Waals surface area (Å²) in [7, 11) is 1.35. The zero-order chi connectivity index (χ0) is 18.7. The van der Waals surface area contributed by atoms with Crippen molar-refractivity contribution in [3.63, 3.8) is 0 Å². The van der Waals surface area contributed by atoms with E-state index in [9.17, 15) is 9.59 Å². The van der Waals surface area contributed by atoms with Crippen LogP contribution < -0.4 is 4.74 Å². The number of ether oxygens (including phenoxy) is 2. The Morgan fingerprint density at radius 3 is 2.44 bits per heavy atom. The van der Waals surface area contributed by atoms with Crippen molar-refractivity contribution in [1.82, 2.24) is 4.90 Å². The lowest BCUT2D eigenvalue weighted by atomic mass is 10.1. The van der Waals surface area contributed by atoms with E-state index in [0.29, 0.717) is 13.2 Å². The lowest BCUT2D eigenvalue weighted by Crippen LogP contribution is -2.38. The molecule has 1 rings (SSSR count). The van der Waals surface area contributed by atoms with Gasteiger partial charge in [-0.1, -0.05) is 26.0 Å². The molecular weight excluding hydrogens is 318 g/mol. The molecule has 5 nitrogen and oxygen atoms in total. The van der Waals surface area contributed by atoms with E-state index in [-0.39, 0.29) is 24.3 Å². The Morgan fingerprint density at radius 2 is 1.88 bits per heavy atom. The van der Waals surface area contributed by atoms with Crippen molar-refractivity contribution in [1.29, 1.82) is 0 Å². The molecule has 0 radical (unpaired) electrons. The molecule has 1 unspecified atom stereocenters. The molecule has 1 aromatic rings. The van der Waals surface area contributed by atoms with E-state index < -0.39 is 0 Å². The molecule has 0 heterocycles. The molecule has 1 atom stereocenters. The number of hydrogen-bond acceptors (Lipinski definition) is 4. The first-order valence-electron chi connectivity index (χ1n) is 8.80. The highest BCUT2D eigenvalue weighted by Crippen LogP contribution is 2.14. The minimum Gasteiger partial charge on any atom is -0.494 e. The van der Waals surface area contributed by atoms with Gasteiger partial charge in [-0.15, -0.1) is 0 Å². The molecule has 25 heavy (non-hydrogen) atoms. The topological polar surface area (TPSA) is 55.8 Å². The predicted octanol–water partition coefficient (Wildman–Crippen LogP) is 3.68. The summed E-state index contributed by atoms with van der Waals surface area (Å²) in [6.45, 7) is 7.10. The smallest absolute Gasteiger partial charge is 0.307 e. The van der Waals surface area contributed by atoms with Gasteiger partial charge in [-0.2, -0.15) is 0 Å². The number of carbonyl (C=O) groups excluding carboxylic acids is 2. The summed E-state index contributed by atoms with van der Waals surface area (Å²) in [6, 6.07) is 7.67. The van der Waals surface area contributed by atoms with E-state index in [0.717, 1.165) is 24.2 Å². The summed E-state index contributed by atoms with van der Waals surface area (Å²) >= 11 is 0. The van der Waals surface area contributed by atoms with Crippen molar-refractivity contribution in [3.05, 3.63) is 35.9 Å². The molecule has 0 bridgehead atoms. The Kier molecular flexibility index (Phi) is 9.37. The molecule has 0 saturated carbocycles. The van der Waals surface area contributed by atoms with Gasteiger partial charge in [0.25, 0.3) is 0 Å². The lowest BCUT2D eigenvalue weighted by Gasteiger charge is -2.27. The number of benzene rings is 1. The second-order valence-electron chi connectivity index (χ2n) is 5.87. The van der Waals surface area contributed by atoms with E-state index in [1.807, 2.05) is 38.1 Å². The Balaban J connectivity index is 2.70. The highest BCUT2D eigenvalue weighted by molar-refractivity contribution is 5.92. The van der Waals surface area contributed by atoms with E-state index in [4.69, 9.17) is 4.74 Å². The maximum absolute atomic E-state index is 12.5. The van der Waals surface area contributed by atoms with Crippen LogP contribution in [0, 0.1) is 0 Å². The van der Waals surface area contributed by atoms with Crippen LogP contribution in [0.3, 0.4) is 0 Å². The molecule has 1 aromatic carbocycles. The van der Waals surface area contributed by atoms with Gasteiger partial charge in [0.1, 0.15) is 5.75 Å². The number of carbonyl (C=O) groups is 2. The van der Waals surface area contributed by atoms with Crippen LogP contribution in [0.2, 0.25) is 0 Å². The van der Waals surface area contributed by atoms with Crippen LogP contribution in [0.25, 0.3) is 6.08 Å². The van der Waals surface area contributed by atoms with Gasteiger partial charge < -0.3 is 14.4 Å². The van der Waals surface area contributed by atoms with Crippen LogP contribution in [-0.4, -0.2) is 43.1 Å². The average Bonchev–Trinajstić information content (AvgIpc) is 2.64. The normalized spacial score (nSPS) is 12.0. The maximum Gasteiger partial charge on any atom is 0.307 e. The SMILES string of the molecule is CCCOc1ccc(/C=C/C(=O)N(CCC(=O)OC)C(C)CC)cc1. The minimum absolute atomic E-state index is 0.0617. The average molecular weight is 347 g/mol. The number of nitrogens with zero attached hydrogens (tertiary/aromatic N) is 1. The van der Waals surface area contributed by atoms with Gasteiger partial charge in [-0.3, -0.25) is 9.59 Å². The molecule has 0 aliphatic heterocycles. The zero-order valence-corrected chi connectivity index (χ0v) is 15.7. The molecule has 0 aliphatic rings. The first-order chi connectivity index (χ1) is 12.0.